The smallest absolute Gasteiger partial charge is 0.189 e. The number of guanidine groups is 1. The van der Waals surface area contributed by atoms with Crippen LogP contribution in [0.25, 0.3) is 0 Å². The lowest BCUT2D eigenvalue weighted by Crippen LogP contribution is -2.38. The number of para-hydroxylation sites is 3. The van der Waals surface area contributed by atoms with Gasteiger partial charge in [0.15, 0.2) is 17.5 Å². The second-order valence-electron chi connectivity index (χ2n) is 6.18. The summed E-state index contributed by atoms with van der Waals surface area (Å²) in [5, 5.41) is 3.28. The van der Waals surface area contributed by atoms with Gasteiger partial charge < -0.3 is 25.3 Å². The Bertz CT molecular complexity index is 770. The lowest BCUT2D eigenvalue weighted by molar-refractivity contribution is 0.219. The highest BCUT2D eigenvalue weighted by atomic mass is 127. The fourth-order valence-corrected chi connectivity index (χ4v) is 2.91. The molecule has 146 valence electrons. The molecule has 1 aliphatic heterocycles. The van der Waals surface area contributed by atoms with Crippen molar-refractivity contribution in [3.63, 3.8) is 0 Å². The summed E-state index contributed by atoms with van der Waals surface area (Å²) in [7, 11) is 1.62. The molecule has 6 nitrogen and oxygen atoms in total. The van der Waals surface area contributed by atoms with E-state index in [1.807, 2.05) is 55.5 Å². The van der Waals surface area contributed by atoms with Crippen molar-refractivity contribution in [2.24, 2.45) is 10.7 Å². The molecule has 0 spiro atoms. The number of methoxy groups -OCH3 is 1. The third-order valence-corrected chi connectivity index (χ3v) is 4.20. The summed E-state index contributed by atoms with van der Waals surface area (Å²) >= 11 is 0. The fraction of sp³-hybridized carbons (Fsp3) is 0.350. The van der Waals surface area contributed by atoms with Crippen molar-refractivity contribution in [3.8, 4) is 17.2 Å². The minimum absolute atomic E-state index is 0. The lowest BCUT2D eigenvalue weighted by Gasteiger charge is -2.27. The van der Waals surface area contributed by atoms with Crippen LogP contribution in [0.1, 0.15) is 24.9 Å². The molecule has 2 aromatic carbocycles. The molecule has 3 N–H and O–H groups in total. The van der Waals surface area contributed by atoms with E-state index in [0.29, 0.717) is 30.6 Å². The maximum Gasteiger partial charge on any atom is 0.189 e. The van der Waals surface area contributed by atoms with Crippen LogP contribution < -0.4 is 25.3 Å². The normalized spacial score (nSPS) is 17.0. The number of nitrogens with one attached hydrogen (secondary N) is 1. The predicted molar refractivity (Wildman–Crippen MR) is 117 cm³/mol. The van der Waals surface area contributed by atoms with Crippen LogP contribution in [0.3, 0.4) is 0 Å². The molecule has 2 atom stereocenters. The Morgan fingerprint density at radius 3 is 2.70 bits per heavy atom. The number of hydrogen-bond acceptors (Lipinski definition) is 4. The van der Waals surface area contributed by atoms with Gasteiger partial charge in [0.2, 0.25) is 0 Å². The highest BCUT2D eigenvalue weighted by molar-refractivity contribution is 14.0. The second-order valence-corrected chi connectivity index (χ2v) is 6.18. The van der Waals surface area contributed by atoms with Gasteiger partial charge in [0.25, 0.3) is 0 Å². The fourth-order valence-electron chi connectivity index (χ4n) is 2.91. The second kappa shape index (κ2) is 10.2. The molecule has 27 heavy (non-hydrogen) atoms. The number of hydrogen-bond donors (Lipinski definition) is 2. The van der Waals surface area contributed by atoms with E-state index in [2.05, 4.69) is 10.3 Å². The first-order valence-corrected chi connectivity index (χ1v) is 8.75. The van der Waals surface area contributed by atoms with E-state index in [4.69, 9.17) is 19.9 Å². The van der Waals surface area contributed by atoms with Gasteiger partial charge in [-0.2, -0.15) is 0 Å². The molecule has 0 amide bonds. The number of nitrogens with zero attached hydrogens (tertiary/aromatic N) is 1. The molecule has 0 aromatic heterocycles. The molecule has 0 bridgehead atoms. The Morgan fingerprint density at radius 1 is 1.22 bits per heavy atom. The van der Waals surface area contributed by atoms with Crippen LogP contribution in [0.15, 0.2) is 53.5 Å². The van der Waals surface area contributed by atoms with Gasteiger partial charge in [0.05, 0.1) is 26.3 Å². The third-order valence-electron chi connectivity index (χ3n) is 4.20. The van der Waals surface area contributed by atoms with Crippen LogP contribution in [-0.4, -0.2) is 32.3 Å². The van der Waals surface area contributed by atoms with Crippen LogP contribution in [0.2, 0.25) is 0 Å². The van der Waals surface area contributed by atoms with Crippen LogP contribution in [0.5, 0.6) is 17.2 Å². The molecular formula is C20H26IN3O3. The summed E-state index contributed by atoms with van der Waals surface area (Å²) in [6.45, 7) is 3.06. The zero-order chi connectivity index (χ0) is 18.4. The van der Waals surface area contributed by atoms with Crippen LogP contribution >= 0.6 is 24.0 Å². The number of aliphatic imine (C=N–C) groups is 1. The number of nitrogens with two attached hydrogens (primary N) is 1. The summed E-state index contributed by atoms with van der Waals surface area (Å²) < 4.78 is 16.9. The third kappa shape index (κ3) is 5.66. The van der Waals surface area contributed by atoms with Crippen molar-refractivity contribution in [1.82, 2.24) is 5.32 Å². The average molecular weight is 483 g/mol. The van der Waals surface area contributed by atoms with Crippen molar-refractivity contribution in [2.45, 2.75) is 25.5 Å². The van der Waals surface area contributed by atoms with Crippen molar-refractivity contribution >= 4 is 29.9 Å². The minimum atomic E-state index is -0.131. The Hall–Kier alpha value is -2.16. The molecule has 0 saturated heterocycles. The highest BCUT2D eigenvalue weighted by Crippen LogP contribution is 2.31. The zero-order valence-electron chi connectivity index (χ0n) is 15.6. The highest BCUT2D eigenvalue weighted by Gasteiger charge is 2.21. The van der Waals surface area contributed by atoms with E-state index >= 15 is 0 Å². The van der Waals surface area contributed by atoms with Gasteiger partial charge in [0.1, 0.15) is 11.9 Å². The van der Waals surface area contributed by atoms with Gasteiger partial charge in [0, 0.05) is 12.0 Å². The first-order chi connectivity index (χ1) is 12.7. The Labute approximate surface area is 177 Å². The van der Waals surface area contributed by atoms with Gasteiger partial charge in [-0.25, -0.2) is 4.99 Å². The molecule has 1 heterocycles. The first kappa shape index (κ1) is 21.1. The maximum absolute atomic E-state index is 6.08. The van der Waals surface area contributed by atoms with E-state index in [0.717, 1.165) is 17.7 Å². The van der Waals surface area contributed by atoms with Crippen molar-refractivity contribution < 1.29 is 14.2 Å². The molecule has 0 radical (unpaired) electrons. The van der Waals surface area contributed by atoms with Gasteiger partial charge in [-0.05, 0) is 25.1 Å². The van der Waals surface area contributed by atoms with E-state index in [-0.39, 0.29) is 36.1 Å². The summed E-state index contributed by atoms with van der Waals surface area (Å²) in [5.41, 5.74) is 7.18. The Balaban J connectivity index is 0.00000261. The Kier molecular flexibility index (Phi) is 8.02. The van der Waals surface area contributed by atoms with Gasteiger partial charge >= 0.3 is 0 Å². The maximum atomic E-state index is 6.08. The Morgan fingerprint density at radius 2 is 1.93 bits per heavy atom. The summed E-state index contributed by atoms with van der Waals surface area (Å²) in [4.78, 5) is 4.42. The van der Waals surface area contributed by atoms with Crippen LogP contribution in [-0.2, 0) is 0 Å². The van der Waals surface area contributed by atoms with Crippen molar-refractivity contribution in [1.29, 1.82) is 0 Å². The van der Waals surface area contributed by atoms with Gasteiger partial charge in [-0.15, -0.1) is 24.0 Å². The summed E-state index contributed by atoms with van der Waals surface area (Å²) in [5.74, 6) is 2.70. The molecular weight excluding hydrogens is 457 g/mol. The van der Waals surface area contributed by atoms with Gasteiger partial charge in [-0.1, -0.05) is 30.3 Å². The molecule has 1 aliphatic rings. The van der Waals surface area contributed by atoms with Crippen molar-refractivity contribution in [2.75, 3.05) is 20.3 Å². The minimum Gasteiger partial charge on any atom is -0.493 e. The summed E-state index contributed by atoms with van der Waals surface area (Å²) in [6.07, 6.45) is 0.717. The summed E-state index contributed by atoms with van der Waals surface area (Å²) in [6, 6.07) is 15.6. The van der Waals surface area contributed by atoms with E-state index in [9.17, 15) is 0 Å². The molecule has 2 unspecified atom stereocenters. The number of fused-ring (bicyclic) bond motifs is 1. The molecule has 7 heteroatoms. The van der Waals surface area contributed by atoms with E-state index < -0.39 is 0 Å². The average Bonchev–Trinajstić information content (AvgIpc) is 2.67. The lowest BCUT2D eigenvalue weighted by atomic mass is 10.0. The van der Waals surface area contributed by atoms with E-state index in [1.165, 1.54) is 0 Å². The largest absolute Gasteiger partial charge is 0.493 e. The number of ether oxygens (including phenoxy) is 3. The monoisotopic (exact) mass is 483 g/mol. The van der Waals surface area contributed by atoms with Crippen molar-refractivity contribution in [3.05, 3.63) is 54.1 Å². The van der Waals surface area contributed by atoms with Crippen LogP contribution in [0.4, 0.5) is 0 Å². The number of halogens is 1. The van der Waals surface area contributed by atoms with E-state index in [1.54, 1.807) is 7.11 Å². The molecule has 2 aromatic rings. The topological polar surface area (TPSA) is 78.1 Å². The molecule has 0 aliphatic carbocycles. The SMILES string of the molecule is COc1ccccc1OC(C)CN=C(N)NC1CCOc2ccccc21.I. The zero-order valence-corrected chi connectivity index (χ0v) is 17.9. The predicted octanol–water partition coefficient (Wildman–Crippen LogP) is 3.51. The quantitative estimate of drug-likeness (QED) is 0.374. The van der Waals surface area contributed by atoms with Gasteiger partial charge in [-0.3, -0.25) is 0 Å². The number of benzene rings is 2. The van der Waals surface area contributed by atoms with Crippen LogP contribution in [0, 0.1) is 0 Å². The standard InChI is InChI=1S/C20H25N3O3.HI/c1-14(26-19-10-6-5-9-18(19)24-2)13-22-20(21)23-16-11-12-25-17-8-4-3-7-15(16)17;/h3-10,14,16H,11-13H2,1-2H3,(H3,21,22,23);1H. The molecule has 0 fully saturated rings. The first-order valence-electron chi connectivity index (χ1n) is 8.75. The molecule has 3 rings (SSSR count). The molecule has 0 saturated carbocycles. The number of rotatable bonds is 6.